The van der Waals surface area contributed by atoms with Crippen molar-refractivity contribution in [2.45, 2.75) is 6.42 Å². The topological polar surface area (TPSA) is 12.9 Å². The summed E-state index contributed by atoms with van der Waals surface area (Å²) >= 11 is 0. The van der Waals surface area contributed by atoms with Crippen LogP contribution in [-0.2, 0) is 6.42 Å². The van der Waals surface area contributed by atoms with Crippen LogP contribution in [0.25, 0.3) is 6.08 Å². The molecule has 0 aliphatic rings. The third-order valence-corrected chi connectivity index (χ3v) is 2.21. The quantitative estimate of drug-likeness (QED) is 0.732. The smallest absolute Gasteiger partial charge is 0.0270 e. The van der Waals surface area contributed by atoms with E-state index in [9.17, 15) is 0 Å². The maximum absolute atomic E-state index is 3.99. The summed E-state index contributed by atoms with van der Waals surface area (Å²) in [6.07, 6.45) is 8.92. The molecule has 74 valence electrons. The number of benzene rings is 1. The van der Waals surface area contributed by atoms with Gasteiger partial charge in [0.05, 0.1) is 0 Å². The second-order valence-corrected chi connectivity index (χ2v) is 3.37. The fourth-order valence-electron chi connectivity index (χ4n) is 1.41. The number of pyridine rings is 1. The van der Waals surface area contributed by atoms with Crippen molar-refractivity contribution in [3.63, 3.8) is 0 Å². The highest BCUT2D eigenvalue weighted by molar-refractivity contribution is 5.49. The summed E-state index contributed by atoms with van der Waals surface area (Å²) in [5, 5.41) is 0. The summed E-state index contributed by atoms with van der Waals surface area (Å²) in [4.78, 5) is 3.99. The van der Waals surface area contributed by atoms with Gasteiger partial charge in [-0.05, 0) is 29.7 Å². The highest BCUT2D eigenvalue weighted by Gasteiger charge is 1.87. The fraction of sp³-hybridized carbons (Fsp3) is 0.0714. The third-order valence-electron chi connectivity index (χ3n) is 2.21. The van der Waals surface area contributed by atoms with E-state index in [2.05, 4.69) is 29.3 Å². The van der Waals surface area contributed by atoms with Crippen LogP contribution in [0.3, 0.4) is 0 Å². The van der Waals surface area contributed by atoms with Gasteiger partial charge in [-0.2, -0.15) is 0 Å². The van der Waals surface area contributed by atoms with E-state index >= 15 is 0 Å². The lowest BCUT2D eigenvalue weighted by Gasteiger charge is -1.94. The molecule has 1 aromatic heterocycles. The van der Waals surface area contributed by atoms with Crippen molar-refractivity contribution in [3.05, 3.63) is 72.1 Å². The Hall–Kier alpha value is -1.89. The molecule has 0 N–H and O–H groups in total. The van der Waals surface area contributed by atoms with Gasteiger partial charge in [0, 0.05) is 12.4 Å². The van der Waals surface area contributed by atoms with Gasteiger partial charge in [0.2, 0.25) is 0 Å². The van der Waals surface area contributed by atoms with Crippen LogP contribution in [0.15, 0.2) is 60.9 Å². The molecule has 0 fully saturated rings. The van der Waals surface area contributed by atoms with Crippen LogP contribution in [0.5, 0.6) is 0 Å². The lowest BCUT2D eigenvalue weighted by molar-refractivity contribution is 1.22. The lowest BCUT2D eigenvalue weighted by atomic mass is 10.1. The Morgan fingerprint density at radius 2 is 1.67 bits per heavy atom. The number of hydrogen-bond donors (Lipinski definition) is 0. The molecule has 15 heavy (non-hydrogen) atoms. The molecule has 0 amide bonds. The summed E-state index contributed by atoms with van der Waals surface area (Å²) in [5.41, 5.74) is 2.53. The number of allylic oxidation sites excluding steroid dienone is 1. The van der Waals surface area contributed by atoms with Crippen molar-refractivity contribution in [1.29, 1.82) is 0 Å². The van der Waals surface area contributed by atoms with Gasteiger partial charge in [0.1, 0.15) is 0 Å². The zero-order valence-electron chi connectivity index (χ0n) is 8.51. The van der Waals surface area contributed by atoms with Gasteiger partial charge < -0.3 is 0 Å². The number of hydrogen-bond acceptors (Lipinski definition) is 1. The van der Waals surface area contributed by atoms with Gasteiger partial charge in [0.25, 0.3) is 0 Å². The molecule has 2 rings (SSSR count). The first-order chi connectivity index (χ1) is 7.45. The number of rotatable bonds is 3. The zero-order valence-corrected chi connectivity index (χ0v) is 8.51. The highest BCUT2D eigenvalue weighted by atomic mass is 14.6. The Morgan fingerprint density at radius 1 is 0.933 bits per heavy atom. The van der Waals surface area contributed by atoms with E-state index in [-0.39, 0.29) is 0 Å². The Morgan fingerprint density at radius 3 is 2.40 bits per heavy atom. The van der Waals surface area contributed by atoms with Gasteiger partial charge >= 0.3 is 0 Å². The molecule has 0 unspecified atom stereocenters. The molecular formula is C14H13N. The van der Waals surface area contributed by atoms with E-state index in [4.69, 9.17) is 0 Å². The maximum Gasteiger partial charge on any atom is 0.0270 e. The molecule has 0 aliphatic carbocycles. The first kappa shape index (κ1) is 9.66. The molecule has 2 aromatic rings. The minimum Gasteiger partial charge on any atom is -0.265 e. The van der Waals surface area contributed by atoms with E-state index < -0.39 is 0 Å². The molecule has 1 aromatic carbocycles. The third kappa shape index (κ3) is 3.06. The van der Waals surface area contributed by atoms with E-state index in [0.29, 0.717) is 0 Å². The van der Waals surface area contributed by atoms with Gasteiger partial charge in [0.15, 0.2) is 0 Å². The van der Waals surface area contributed by atoms with Crippen LogP contribution in [0, 0.1) is 0 Å². The maximum atomic E-state index is 3.99. The molecule has 0 bridgehead atoms. The van der Waals surface area contributed by atoms with Crippen molar-refractivity contribution < 1.29 is 0 Å². The Bertz CT molecular complexity index is 418. The van der Waals surface area contributed by atoms with Crippen LogP contribution < -0.4 is 0 Å². The Balaban J connectivity index is 1.97. The second kappa shape index (κ2) is 5.11. The monoisotopic (exact) mass is 195 g/mol. The van der Waals surface area contributed by atoms with E-state index in [1.165, 1.54) is 11.1 Å². The largest absolute Gasteiger partial charge is 0.265 e. The Kier molecular flexibility index (Phi) is 3.29. The van der Waals surface area contributed by atoms with Crippen molar-refractivity contribution in [3.8, 4) is 0 Å². The standard InChI is InChI=1S/C14H13N/c1-2-5-13(6-3-1)7-4-8-14-9-11-15-12-10-14/h1-7,9-12H,8H2/b7-4+. The normalized spacial score (nSPS) is 10.7. The first-order valence-corrected chi connectivity index (χ1v) is 5.05. The second-order valence-electron chi connectivity index (χ2n) is 3.37. The molecule has 0 atom stereocenters. The van der Waals surface area contributed by atoms with Gasteiger partial charge in [-0.1, -0.05) is 42.5 Å². The molecule has 0 aliphatic heterocycles. The number of nitrogens with zero attached hydrogens (tertiary/aromatic N) is 1. The molecule has 1 heterocycles. The minimum atomic E-state index is 0.956. The SMILES string of the molecule is C(=C\c1ccccc1)/Cc1ccncc1. The summed E-state index contributed by atoms with van der Waals surface area (Å²) in [5.74, 6) is 0. The molecular weight excluding hydrogens is 182 g/mol. The van der Waals surface area contributed by atoms with Crippen molar-refractivity contribution in [2.75, 3.05) is 0 Å². The Labute approximate surface area is 90.1 Å². The lowest BCUT2D eigenvalue weighted by Crippen LogP contribution is -1.80. The van der Waals surface area contributed by atoms with Crippen LogP contribution in [0.1, 0.15) is 11.1 Å². The van der Waals surface area contributed by atoms with Gasteiger partial charge in [-0.25, -0.2) is 0 Å². The predicted molar refractivity (Wildman–Crippen MR) is 63.4 cm³/mol. The van der Waals surface area contributed by atoms with Gasteiger partial charge in [-0.3, -0.25) is 4.98 Å². The molecule has 0 saturated heterocycles. The van der Waals surface area contributed by atoms with E-state index in [0.717, 1.165) is 6.42 Å². The van der Waals surface area contributed by atoms with Crippen molar-refractivity contribution in [1.82, 2.24) is 4.98 Å². The van der Waals surface area contributed by atoms with Crippen LogP contribution >= 0.6 is 0 Å². The van der Waals surface area contributed by atoms with Crippen LogP contribution in [-0.4, -0.2) is 4.98 Å². The molecule has 0 radical (unpaired) electrons. The summed E-state index contributed by atoms with van der Waals surface area (Å²) < 4.78 is 0. The summed E-state index contributed by atoms with van der Waals surface area (Å²) in [6.45, 7) is 0. The molecule has 0 spiro atoms. The summed E-state index contributed by atoms with van der Waals surface area (Å²) in [6, 6.07) is 14.4. The zero-order chi connectivity index (χ0) is 10.3. The minimum absolute atomic E-state index is 0.956. The van der Waals surface area contributed by atoms with Crippen molar-refractivity contribution >= 4 is 6.08 Å². The highest BCUT2D eigenvalue weighted by Crippen LogP contribution is 2.04. The average molecular weight is 195 g/mol. The van der Waals surface area contributed by atoms with Crippen LogP contribution in [0.2, 0.25) is 0 Å². The van der Waals surface area contributed by atoms with E-state index in [1.807, 2.05) is 42.7 Å². The first-order valence-electron chi connectivity index (χ1n) is 5.05. The molecule has 1 nitrogen and oxygen atoms in total. The predicted octanol–water partition coefficient (Wildman–Crippen LogP) is 3.34. The van der Waals surface area contributed by atoms with Crippen molar-refractivity contribution in [2.24, 2.45) is 0 Å². The fourth-order valence-corrected chi connectivity index (χ4v) is 1.41. The average Bonchev–Trinajstić information content (AvgIpc) is 2.32. The van der Waals surface area contributed by atoms with E-state index in [1.54, 1.807) is 0 Å². The van der Waals surface area contributed by atoms with Crippen LogP contribution in [0.4, 0.5) is 0 Å². The van der Waals surface area contributed by atoms with Gasteiger partial charge in [-0.15, -0.1) is 0 Å². The summed E-state index contributed by atoms with van der Waals surface area (Å²) in [7, 11) is 0. The number of aromatic nitrogens is 1. The molecule has 1 heteroatoms. The molecule has 0 saturated carbocycles.